The van der Waals surface area contributed by atoms with Crippen LogP contribution in [-0.4, -0.2) is 38.5 Å². The molecule has 11 heavy (non-hydrogen) atoms. The lowest BCUT2D eigenvalue weighted by Gasteiger charge is -2.14. The molecule has 0 spiro atoms. The van der Waals surface area contributed by atoms with Crippen LogP contribution in [0.1, 0.15) is 12.8 Å². The Bertz CT molecular complexity index is 103. The van der Waals surface area contributed by atoms with Crippen molar-refractivity contribution in [2.24, 2.45) is 0 Å². The van der Waals surface area contributed by atoms with Gasteiger partial charge in [-0.15, -0.1) is 0 Å². The Hall–Kier alpha value is -0.120. The largest absolute Gasteiger partial charge is 0.379 e. The summed E-state index contributed by atoms with van der Waals surface area (Å²) < 4.78 is 11.0. The molecule has 2 fully saturated rings. The van der Waals surface area contributed by atoms with Crippen molar-refractivity contribution in [1.82, 2.24) is 5.32 Å². The van der Waals surface area contributed by atoms with Crippen molar-refractivity contribution >= 4 is 0 Å². The van der Waals surface area contributed by atoms with E-state index >= 15 is 0 Å². The van der Waals surface area contributed by atoms with Crippen LogP contribution in [-0.2, 0) is 9.47 Å². The average Bonchev–Trinajstić information content (AvgIpc) is 2.60. The van der Waals surface area contributed by atoms with Crippen molar-refractivity contribution in [2.75, 3.05) is 26.3 Å². The molecule has 1 unspecified atom stereocenters. The van der Waals surface area contributed by atoms with Gasteiger partial charge in [0.15, 0.2) is 0 Å². The highest BCUT2D eigenvalue weighted by atomic mass is 16.6. The topological polar surface area (TPSA) is 30.5 Å². The first-order valence-corrected chi connectivity index (χ1v) is 4.39. The third-order valence-electron chi connectivity index (χ3n) is 2.29. The van der Waals surface area contributed by atoms with Gasteiger partial charge >= 0.3 is 0 Å². The lowest BCUT2D eigenvalue weighted by Crippen LogP contribution is -2.24. The summed E-state index contributed by atoms with van der Waals surface area (Å²) in [5.41, 5.74) is 0. The van der Waals surface area contributed by atoms with Crippen LogP contribution < -0.4 is 5.32 Å². The predicted octanol–water partition coefficient (Wildman–Crippen LogP) is 0.154. The summed E-state index contributed by atoms with van der Waals surface area (Å²) in [7, 11) is 0. The van der Waals surface area contributed by atoms with E-state index in [2.05, 4.69) is 5.32 Å². The summed E-state index contributed by atoms with van der Waals surface area (Å²) in [5.74, 6) is 0. The van der Waals surface area contributed by atoms with Gasteiger partial charge in [-0.2, -0.15) is 0 Å². The standard InChI is InChI=1S/C8H15NO2/c1-3-9-5-7(1)11-8-2-4-10-6-8/h7-9H,1-6H2/t7-,8?/m1/s1. The van der Waals surface area contributed by atoms with Gasteiger partial charge in [0.05, 0.1) is 18.8 Å². The molecule has 0 amide bonds. The van der Waals surface area contributed by atoms with Gasteiger partial charge in [0.25, 0.3) is 0 Å². The van der Waals surface area contributed by atoms with E-state index in [1.54, 1.807) is 0 Å². The van der Waals surface area contributed by atoms with Crippen molar-refractivity contribution in [2.45, 2.75) is 25.0 Å². The molecule has 0 bridgehead atoms. The average molecular weight is 157 g/mol. The first kappa shape index (κ1) is 7.53. The molecular weight excluding hydrogens is 142 g/mol. The van der Waals surface area contributed by atoms with Crippen molar-refractivity contribution in [3.05, 3.63) is 0 Å². The summed E-state index contributed by atoms with van der Waals surface area (Å²) in [5, 5.41) is 3.28. The number of nitrogens with one attached hydrogen (secondary N) is 1. The van der Waals surface area contributed by atoms with Crippen LogP contribution in [0.25, 0.3) is 0 Å². The molecule has 0 aromatic carbocycles. The van der Waals surface area contributed by atoms with Crippen molar-refractivity contribution in [3.63, 3.8) is 0 Å². The first-order chi connectivity index (χ1) is 5.45. The van der Waals surface area contributed by atoms with E-state index in [1.807, 2.05) is 0 Å². The highest BCUT2D eigenvalue weighted by Crippen LogP contribution is 2.13. The van der Waals surface area contributed by atoms with Crippen molar-refractivity contribution in [3.8, 4) is 0 Å². The minimum absolute atomic E-state index is 0.375. The zero-order valence-electron chi connectivity index (χ0n) is 6.71. The number of hydrogen-bond donors (Lipinski definition) is 1. The zero-order chi connectivity index (χ0) is 7.52. The second-order valence-electron chi connectivity index (χ2n) is 3.24. The van der Waals surface area contributed by atoms with Crippen LogP contribution in [0.15, 0.2) is 0 Å². The molecule has 2 atom stereocenters. The molecule has 1 N–H and O–H groups in total. The Kier molecular flexibility index (Phi) is 2.41. The van der Waals surface area contributed by atoms with E-state index in [0.717, 1.165) is 39.1 Å². The fraction of sp³-hybridized carbons (Fsp3) is 1.00. The Morgan fingerprint density at radius 3 is 2.91 bits per heavy atom. The lowest BCUT2D eigenvalue weighted by molar-refractivity contribution is -0.00530. The molecule has 0 radical (unpaired) electrons. The third-order valence-corrected chi connectivity index (χ3v) is 2.29. The number of rotatable bonds is 2. The Balaban J connectivity index is 1.71. The van der Waals surface area contributed by atoms with Crippen LogP contribution in [0, 0.1) is 0 Å². The van der Waals surface area contributed by atoms with E-state index in [9.17, 15) is 0 Å². The summed E-state index contributed by atoms with van der Waals surface area (Å²) in [6.45, 7) is 3.82. The van der Waals surface area contributed by atoms with Gasteiger partial charge in [-0.05, 0) is 19.4 Å². The maximum Gasteiger partial charge on any atom is 0.0834 e. The van der Waals surface area contributed by atoms with E-state index in [1.165, 1.54) is 0 Å². The molecule has 3 heteroatoms. The van der Waals surface area contributed by atoms with Crippen LogP contribution in [0.3, 0.4) is 0 Å². The van der Waals surface area contributed by atoms with Gasteiger partial charge < -0.3 is 14.8 Å². The molecule has 2 rings (SSSR count). The maximum absolute atomic E-state index is 5.78. The Labute approximate surface area is 67.1 Å². The van der Waals surface area contributed by atoms with Crippen LogP contribution in [0.2, 0.25) is 0 Å². The fourth-order valence-electron chi connectivity index (χ4n) is 1.64. The molecule has 0 aliphatic carbocycles. The predicted molar refractivity (Wildman–Crippen MR) is 41.6 cm³/mol. The summed E-state index contributed by atoms with van der Waals surface area (Å²) in [6.07, 6.45) is 3.06. The minimum Gasteiger partial charge on any atom is -0.379 e. The maximum atomic E-state index is 5.78. The van der Waals surface area contributed by atoms with E-state index in [4.69, 9.17) is 9.47 Å². The third kappa shape index (κ3) is 1.92. The van der Waals surface area contributed by atoms with E-state index < -0.39 is 0 Å². The highest BCUT2D eigenvalue weighted by Gasteiger charge is 2.22. The van der Waals surface area contributed by atoms with Gasteiger partial charge in [-0.3, -0.25) is 0 Å². The van der Waals surface area contributed by atoms with E-state index in [-0.39, 0.29) is 0 Å². The van der Waals surface area contributed by atoms with E-state index in [0.29, 0.717) is 12.2 Å². The molecule has 2 heterocycles. The second kappa shape index (κ2) is 3.52. The normalized spacial score (nSPS) is 38.2. The Morgan fingerprint density at radius 2 is 2.27 bits per heavy atom. The summed E-state index contributed by atoms with van der Waals surface area (Å²) in [4.78, 5) is 0. The number of ether oxygens (including phenoxy) is 2. The fourth-order valence-corrected chi connectivity index (χ4v) is 1.64. The summed E-state index contributed by atoms with van der Waals surface area (Å²) >= 11 is 0. The van der Waals surface area contributed by atoms with Crippen molar-refractivity contribution in [1.29, 1.82) is 0 Å². The molecular formula is C8H15NO2. The molecule has 0 saturated carbocycles. The molecule has 0 aromatic rings. The zero-order valence-corrected chi connectivity index (χ0v) is 6.71. The molecule has 2 saturated heterocycles. The minimum atomic E-state index is 0.375. The van der Waals surface area contributed by atoms with Crippen LogP contribution in [0.4, 0.5) is 0 Å². The van der Waals surface area contributed by atoms with Crippen LogP contribution in [0.5, 0.6) is 0 Å². The SMILES string of the molecule is C1C[C@@H](OC2CCOC2)CN1. The van der Waals surface area contributed by atoms with Crippen molar-refractivity contribution < 1.29 is 9.47 Å². The monoisotopic (exact) mass is 157 g/mol. The van der Waals surface area contributed by atoms with Crippen LogP contribution >= 0.6 is 0 Å². The molecule has 2 aliphatic rings. The molecule has 2 aliphatic heterocycles. The first-order valence-electron chi connectivity index (χ1n) is 4.39. The highest BCUT2D eigenvalue weighted by molar-refractivity contribution is 4.74. The molecule has 64 valence electrons. The molecule has 3 nitrogen and oxygen atoms in total. The lowest BCUT2D eigenvalue weighted by atomic mass is 10.3. The van der Waals surface area contributed by atoms with Gasteiger partial charge in [-0.25, -0.2) is 0 Å². The van der Waals surface area contributed by atoms with Gasteiger partial charge in [0.1, 0.15) is 0 Å². The second-order valence-corrected chi connectivity index (χ2v) is 3.24. The van der Waals surface area contributed by atoms with Gasteiger partial charge in [0.2, 0.25) is 0 Å². The smallest absolute Gasteiger partial charge is 0.0834 e. The molecule has 0 aromatic heterocycles. The quantitative estimate of drug-likeness (QED) is 0.619. The van der Waals surface area contributed by atoms with Gasteiger partial charge in [-0.1, -0.05) is 0 Å². The van der Waals surface area contributed by atoms with Gasteiger partial charge in [0, 0.05) is 13.2 Å². The number of hydrogen-bond acceptors (Lipinski definition) is 3. The summed E-state index contributed by atoms with van der Waals surface area (Å²) in [6, 6.07) is 0. The Morgan fingerprint density at radius 1 is 1.27 bits per heavy atom.